The lowest BCUT2D eigenvalue weighted by molar-refractivity contribution is -0.119. The minimum atomic E-state index is -3.50. The van der Waals surface area contributed by atoms with E-state index < -0.39 is 15.4 Å². The number of benzene rings is 1. The van der Waals surface area contributed by atoms with Gasteiger partial charge in [-0.3, -0.25) is 14.4 Å². The zero-order valence-corrected chi connectivity index (χ0v) is 20.2. The van der Waals surface area contributed by atoms with Crippen molar-refractivity contribution >= 4 is 55.7 Å². The fraction of sp³-hybridized carbons (Fsp3) is 0.435. The quantitative estimate of drug-likeness (QED) is 0.504. The smallest absolute Gasteiger partial charge is 0.242 e. The first kappa shape index (κ1) is 21.7. The number of pyridine rings is 1. The van der Waals surface area contributed by atoms with Crippen molar-refractivity contribution in [3.63, 3.8) is 0 Å². The Labute approximate surface area is 201 Å². The highest BCUT2D eigenvalue weighted by Crippen LogP contribution is 2.60. The lowest BCUT2D eigenvalue weighted by Gasteiger charge is -2.19. The van der Waals surface area contributed by atoms with Crippen molar-refractivity contribution in [3.8, 4) is 5.88 Å². The molecule has 3 aromatic rings. The van der Waals surface area contributed by atoms with Crippen molar-refractivity contribution < 1.29 is 22.5 Å². The van der Waals surface area contributed by atoms with E-state index in [4.69, 9.17) is 20.9 Å². The summed E-state index contributed by atoms with van der Waals surface area (Å²) in [6.07, 6.45) is 4.29. The lowest BCUT2D eigenvalue weighted by Crippen LogP contribution is -2.28. The Morgan fingerprint density at radius 2 is 2.06 bits per heavy atom. The summed E-state index contributed by atoms with van der Waals surface area (Å²) in [6.45, 7) is 4.55. The standard InChI is InChI=1S/C23H23ClN4O5S/c1-12(2)11-32-21-17(24)7-13(10-25-21)28-18-9-19-15(8-16(18)23(5-6-23)22(28)29)20(26-33-19)27-34(30,31)14-3-4-14/h7-10,12,14H,3-6,11H2,1-2H3,(H,26,27). The van der Waals surface area contributed by atoms with Crippen LogP contribution in [0, 0.1) is 5.92 Å². The predicted molar refractivity (Wildman–Crippen MR) is 127 cm³/mol. The molecule has 0 radical (unpaired) electrons. The van der Waals surface area contributed by atoms with Crippen LogP contribution in [0.5, 0.6) is 5.88 Å². The summed E-state index contributed by atoms with van der Waals surface area (Å²) in [6, 6.07) is 5.23. The monoisotopic (exact) mass is 502 g/mol. The molecule has 3 aliphatic rings. The van der Waals surface area contributed by atoms with E-state index in [1.165, 1.54) is 0 Å². The number of amides is 1. The molecule has 34 heavy (non-hydrogen) atoms. The summed E-state index contributed by atoms with van der Waals surface area (Å²) in [4.78, 5) is 19.5. The number of ether oxygens (including phenoxy) is 1. The normalized spacial score (nSPS) is 18.7. The summed E-state index contributed by atoms with van der Waals surface area (Å²) in [5.74, 6) is 0.743. The number of fused-ring (bicyclic) bond motifs is 3. The molecule has 11 heteroatoms. The van der Waals surface area contributed by atoms with Crippen molar-refractivity contribution in [1.29, 1.82) is 0 Å². The van der Waals surface area contributed by atoms with Crippen LogP contribution >= 0.6 is 11.6 Å². The van der Waals surface area contributed by atoms with Crippen LogP contribution in [0.15, 0.2) is 28.9 Å². The van der Waals surface area contributed by atoms with Crippen LogP contribution in [0.2, 0.25) is 5.02 Å². The molecule has 0 unspecified atom stereocenters. The molecule has 1 N–H and O–H groups in total. The van der Waals surface area contributed by atoms with Gasteiger partial charge in [0.2, 0.25) is 21.8 Å². The summed E-state index contributed by atoms with van der Waals surface area (Å²) in [5.41, 5.74) is 1.78. The second-order valence-electron chi connectivity index (χ2n) is 9.65. The predicted octanol–water partition coefficient (Wildman–Crippen LogP) is 4.53. The number of carbonyl (C=O) groups is 1. The van der Waals surface area contributed by atoms with Crippen molar-refractivity contribution in [1.82, 2.24) is 10.1 Å². The van der Waals surface area contributed by atoms with Crippen molar-refractivity contribution in [2.45, 2.75) is 50.2 Å². The van der Waals surface area contributed by atoms with Gasteiger partial charge in [-0.25, -0.2) is 13.4 Å². The first-order valence-electron chi connectivity index (χ1n) is 11.3. The van der Waals surface area contributed by atoms with E-state index >= 15 is 0 Å². The highest BCUT2D eigenvalue weighted by Gasteiger charge is 2.60. The maximum absolute atomic E-state index is 13.5. The molecule has 3 heterocycles. The zero-order chi connectivity index (χ0) is 23.8. The Morgan fingerprint density at radius 1 is 1.29 bits per heavy atom. The third kappa shape index (κ3) is 3.34. The Balaban J connectivity index is 1.40. The van der Waals surface area contributed by atoms with Gasteiger partial charge >= 0.3 is 0 Å². The second-order valence-corrected chi connectivity index (χ2v) is 12.0. The molecule has 6 rings (SSSR count). The SMILES string of the molecule is CC(C)COc1ncc(N2C(=O)C3(CC3)c3cc4c(NS(=O)(=O)C5CC5)noc4cc32)cc1Cl. The molecule has 1 amide bonds. The Hall–Kier alpha value is -2.85. The molecule has 1 aliphatic heterocycles. The van der Waals surface area contributed by atoms with E-state index in [1.54, 1.807) is 23.2 Å². The first-order valence-corrected chi connectivity index (χ1v) is 13.2. The molecule has 178 valence electrons. The van der Waals surface area contributed by atoms with E-state index in [1.807, 2.05) is 19.9 Å². The van der Waals surface area contributed by atoms with E-state index in [9.17, 15) is 13.2 Å². The van der Waals surface area contributed by atoms with Gasteiger partial charge in [0, 0.05) is 6.07 Å². The summed E-state index contributed by atoms with van der Waals surface area (Å²) in [5, 5.41) is 4.43. The summed E-state index contributed by atoms with van der Waals surface area (Å²) < 4.78 is 38.5. The minimum Gasteiger partial charge on any atom is -0.476 e. The van der Waals surface area contributed by atoms with Crippen LogP contribution in [0.1, 0.15) is 45.1 Å². The van der Waals surface area contributed by atoms with Crippen LogP contribution in [-0.4, -0.2) is 36.3 Å². The van der Waals surface area contributed by atoms with E-state index in [0.717, 1.165) is 5.56 Å². The van der Waals surface area contributed by atoms with Crippen LogP contribution < -0.4 is 14.4 Å². The molecule has 2 saturated carbocycles. The third-order valence-electron chi connectivity index (χ3n) is 6.51. The third-order valence-corrected chi connectivity index (χ3v) is 8.61. The molecular weight excluding hydrogens is 480 g/mol. The topological polar surface area (TPSA) is 115 Å². The van der Waals surface area contributed by atoms with Gasteiger partial charge in [0.15, 0.2) is 11.4 Å². The van der Waals surface area contributed by atoms with Gasteiger partial charge in [-0.15, -0.1) is 0 Å². The maximum Gasteiger partial charge on any atom is 0.242 e. The van der Waals surface area contributed by atoms with Crippen LogP contribution in [0.25, 0.3) is 11.0 Å². The van der Waals surface area contributed by atoms with E-state index in [-0.39, 0.29) is 17.0 Å². The molecule has 1 spiro atoms. The van der Waals surface area contributed by atoms with Crippen molar-refractivity contribution in [2.24, 2.45) is 5.92 Å². The van der Waals surface area contributed by atoms with Crippen molar-refractivity contribution in [3.05, 3.63) is 35.0 Å². The van der Waals surface area contributed by atoms with Crippen molar-refractivity contribution in [2.75, 3.05) is 16.2 Å². The molecule has 9 nitrogen and oxygen atoms in total. The van der Waals surface area contributed by atoms with Gasteiger partial charge in [0.25, 0.3) is 0 Å². The van der Waals surface area contributed by atoms with Crippen LogP contribution in [0.3, 0.4) is 0 Å². The van der Waals surface area contributed by atoms with Gasteiger partial charge < -0.3 is 9.26 Å². The molecule has 0 bridgehead atoms. The Morgan fingerprint density at radius 3 is 2.71 bits per heavy atom. The highest BCUT2D eigenvalue weighted by atomic mass is 35.5. The highest BCUT2D eigenvalue weighted by molar-refractivity contribution is 7.93. The second kappa shape index (κ2) is 7.32. The summed E-state index contributed by atoms with van der Waals surface area (Å²) in [7, 11) is -3.50. The number of nitrogens with zero attached hydrogens (tertiary/aromatic N) is 3. The van der Waals surface area contributed by atoms with Crippen LogP contribution in [0.4, 0.5) is 17.2 Å². The van der Waals surface area contributed by atoms with E-state index in [2.05, 4.69) is 14.9 Å². The fourth-order valence-electron chi connectivity index (χ4n) is 4.40. The molecule has 2 aliphatic carbocycles. The number of hydrogen-bond donors (Lipinski definition) is 1. The number of carbonyl (C=O) groups excluding carboxylic acids is 1. The largest absolute Gasteiger partial charge is 0.476 e. The maximum atomic E-state index is 13.5. The van der Waals surface area contributed by atoms with Gasteiger partial charge in [0.05, 0.1) is 40.2 Å². The molecule has 1 aromatic carbocycles. The number of nitrogens with one attached hydrogen (secondary N) is 1. The molecular formula is C23H23ClN4O5S. The number of sulfonamides is 1. The number of aromatic nitrogens is 2. The Bertz CT molecular complexity index is 1440. The minimum absolute atomic E-state index is 0.0584. The molecule has 0 atom stereocenters. The number of anilines is 3. The van der Waals surface area contributed by atoms with Gasteiger partial charge in [0.1, 0.15) is 5.02 Å². The molecule has 0 saturated heterocycles. The zero-order valence-electron chi connectivity index (χ0n) is 18.7. The molecule has 2 fully saturated rings. The van der Waals surface area contributed by atoms with Gasteiger partial charge in [-0.2, -0.15) is 0 Å². The average molecular weight is 503 g/mol. The average Bonchev–Trinajstić information content (AvgIpc) is 3.70. The Kier molecular flexibility index (Phi) is 4.67. The fourth-order valence-corrected chi connectivity index (χ4v) is 5.96. The van der Waals surface area contributed by atoms with Gasteiger partial charge in [-0.1, -0.05) is 30.6 Å². The van der Waals surface area contributed by atoms with Gasteiger partial charge in [-0.05, 0) is 49.3 Å². The summed E-state index contributed by atoms with van der Waals surface area (Å²) >= 11 is 6.42. The van der Waals surface area contributed by atoms with Crippen LogP contribution in [-0.2, 0) is 20.2 Å². The van der Waals surface area contributed by atoms with E-state index in [0.29, 0.717) is 71.5 Å². The first-order chi connectivity index (χ1) is 16.2. The number of hydrogen-bond acceptors (Lipinski definition) is 7. The number of halogens is 1. The lowest BCUT2D eigenvalue weighted by atomic mass is 9.96. The molecule has 2 aromatic heterocycles. The number of rotatable bonds is 7.